The second-order valence-corrected chi connectivity index (χ2v) is 6.23. The summed E-state index contributed by atoms with van der Waals surface area (Å²) in [6.45, 7) is 0.445. The smallest absolute Gasteiger partial charge is 0.280 e. The van der Waals surface area contributed by atoms with Gasteiger partial charge in [-0.25, -0.2) is 4.98 Å². The molecule has 0 aliphatic rings. The van der Waals surface area contributed by atoms with Gasteiger partial charge in [0.15, 0.2) is 5.01 Å². The van der Waals surface area contributed by atoms with E-state index in [0.717, 1.165) is 11.1 Å². The summed E-state index contributed by atoms with van der Waals surface area (Å²) in [5.41, 5.74) is 2.25. The standard InChI is InChI=1S/C18H13N5O2S/c24-16(20-9-12-5-2-1-3-6-12)18-21-14(11-26-18)17-22-15(23-25-17)13-7-4-8-19-10-13/h1-8,10-11H,9H2,(H,20,24). The molecule has 0 unspecified atom stereocenters. The molecule has 128 valence electrons. The first-order valence-electron chi connectivity index (χ1n) is 7.82. The molecule has 0 spiro atoms. The van der Waals surface area contributed by atoms with E-state index in [1.807, 2.05) is 36.4 Å². The van der Waals surface area contributed by atoms with Gasteiger partial charge in [-0.1, -0.05) is 35.5 Å². The molecule has 26 heavy (non-hydrogen) atoms. The lowest BCUT2D eigenvalue weighted by Crippen LogP contribution is -2.22. The molecule has 0 saturated heterocycles. The van der Waals surface area contributed by atoms with E-state index in [9.17, 15) is 4.79 Å². The fourth-order valence-electron chi connectivity index (χ4n) is 2.27. The molecule has 4 rings (SSSR count). The van der Waals surface area contributed by atoms with Crippen LogP contribution in [0.25, 0.3) is 23.0 Å². The largest absolute Gasteiger partial charge is 0.346 e. The van der Waals surface area contributed by atoms with Crippen molar-refractivity contribution in [3.05, 3.63) is 70.8 Å². The maximum Gasteiger partial charge on any atom is 0.280 e. The molecule has 1 amide bonds. The number of nitrogens with zero attached hydrogens (tertiary/aromatic N) is 4. The van der Waals surface area contributed by atoms with Crippen LogP contribution in [-0.2, 0) is 6.54 Å². The van der Waals surface area contributed by atoms with Crippen molar-refractivity contribution in [1.82, 2.24) is 25.4 Å². The van der Waals surface area contributed by atoms with E-state index in [-0.39, 0.29) is 11.8 Å². The molecule has 1 aromatic carbocycles. The Morgan fingerprint density at radius 1 is 1.12 bits per heavy atom. The van der Waals surface area contributed by atoms with Gasteiger partial charge in [0.25, 0.3) is 11.8 Å². The predicted octanol–water partition coefficient (Wildman–Crippen LogP) is 3.19. The number of hydrogen-bond acceptors (Lipinski definition) is 7. The van der Waals surface area contributed by atoms with Crippen LogP contribution in [0.3, 0.4) is 0 Å². The van der Waals surface area contributed by atoms with Gasteiger partial charge in [-0.2, -0.15) is 4.98 Å². The number of benzene rings is 1. The lowest BCUT2D eigenvalue weighted by atomic mass is 10.2. The lowest BCUT2D eigenvalue weighted by molar-refractivity contribution is 0.0950. The third kappa shape index (κ3) is 3.50. The summed E-state index contributed by atoms with van der Waals surface area (Å²) >= 11 is 1.23. The van der Waals surface area contributed by atoms with Crippen LogP contribution in [-0.4, -0.2) is 26.0 Å². The van der Waals surface area contributed by atoms with E-state index in [2.05, 4.69) is 25.4 Å². The van der Waals surface area contributed by atoms with Crippen LogP contribution in [0, 0.1) is 0 Å². The van der Waals surface area contributed by atoms with Gasteiger partial charge in [-0.15, -0.1) is 11.3 Å². The fourth-order valence-corrected chi connectivity index (χ4v) is 2.98. The zero-order chi connectivity index (χ0) is 17.8. The zero-order valence-electron chi connectivity index (χ0n) is 13.5. The highest BCUT2D eigenvalue weighted by molar-refractivity contribution is 7.12. The van der Waals surface area contributed by atoms with Crippen molar-refractivity contribution >= 4 is 17.2 Å². The van der Waals surface area contributed by atoms with Crippen LogP contribution in [0.1, 0.15) is 15.4 Å². The zero-order valence-corrected chi connectivity index (χ0v) is 14.3. The lowest BCUT2D eigenvalue weighted by Gasteiger charge is -2.02. The Balaban J connectivity index is 1.46. The Kier molecular flexibility index (Phi) is 4.48. The van der Waals surface area contributed by atoms with Crippen LogP contribution in [0.4, 0.5) is 0 Å². The molecule has 0 aliphatic carbocycles. The highest BCUT2D eigenvalue weighted by atomic mass is 32.1. The number of amides is 1. The molecule has 0 bridgehead atoms. The average Bonchev–Trinajstić information content (AvgIpc) is 3.37. The fraction of sp³-hybridized carbons (Fsp3) is 0.0556. The topological polar surface area (TPSA) is 93.8 Å². The highest BCUT2D eigenvalue weighted by Crippen LogP contribution is 2.23. The summed E-state index contributed by atoms with van der Waals surface area (Å²) in [5.74, 6) is 0.454. The molecule has 0 saturated carbocycles. The van der Waals surface area contributed by atoms with E-state index < -0.39 is 0 Å². The van der Waals surface area contributed by atoms with Crippen LogP contribution in [0.5, 0.6) is 0 Å². The molecule has 0 atom stereocenters. The van der Waals surface area contributed by atoms with E-state index in [0.29, 0.717) is 23.1 Å². The molecule has 0 fully saturated rings. The average molecular weight is 363 g/mol. The maximum atomic E-state index is 12.3. The van der Waals surface area contributed by atoms with E-state index in [4.69, 9.17) is 4.52 Å². The van der Waals surface area contributed by atoms with Gasteiger partial charge >= 0.3 is 0 Å². The Labute approximate surface area is 152 Å². The van der Waals surface area contributed by atoms with Crippen LogP contribution in [0.2, 0.25) is 0 Å². The molecule has 8 heteroatoms. The maximum absolute atomic E-state index is 12.3. The summed E-state index contributed by atoms with van der Waals surface area (Å²) in [7, 11) is 0. The minimum atomic E-state index is -0.239. The van der Waals surface area contributed by atoms with Gasteiger partial charge in [0.1, 0.15) is 5.69 Å². The molecule has 4 aromatic rings. The minimum Gasteiger partial charge on any atom is -0.346 e. The number of rotatable bonds is 5. The minimum absolute atomic E-state index is 0.239. The van der Waals surface area contributed by atoms with Gasteiger partial charge in [0.05, 0.1) is 0 Å². The van der Waals surface area contributed by atoms with Gasteiger partial charge in [0.2, 0.25) is 5.82 Å². The molecular weight excluding hydrogens is 350 g/mol. The molecule has 3 aromatic heterocycles. The second-order valence-electron chi connectivity index (χ2n) is 5.37. The molecule has 3 heterocycles. The summed E-state index contributed by atoms with van der Waals surface area (Å²) in [5, 5.41) is 8.84. The quantitative estimate of drug-likeness (QED) is 0.585. The first-order chi connectivity index (χ1) is 12.8. The van der Waals surface area contributed by atoms with Crippen molar-refractivity contribution in [3.63, 3.8) is 0 Å². The van der Waals surface area contributed by atoms with Crippen molar-refractivity contribution in [2.24, 2.45) is 0 Å². The number of hydrogen-bond donors (Lipinski definition) is 1. The number of nitrogens with one attached hydrogen (secondary N) is 1. The van der Waals surface area contributed by atoms with E-state index >= 15 is 0 Å². The third-order valence-electron chi connectivity index (χ3n) is 3.56. The number of pyridine rings is 1. The predicted molar refractivity (Wildman–Crippen MR) is 96.2 cm³/mol. The van der Waals surface area contributed by atoms with Gasteiger partial charge in [-0.3, -0.25) is 9.78 Å². The van der Waals surface area contributed by atoms with Crippen molar-refractivity contribution in [2.75, 3.05) is 0 Å². The third-order valence-corrected chi connectivity index (χ3v) is 4.40. The molecule has 1 N–H and O–H groups in total. The van der Waals surface area contributed by atoms with Gasteiger partial charge in [0, 0.05) is 29.9 Å². The van der Waals surface area contributed by atoms with Crippen molar-refractivity contribution in [2.45, 2.75) is 6.54 Å². The second kappa shape index (κ2) is 7.24. The van der Waals surface area contributed by atoms with Crippen LogP contribution in [0.15, 0.2) is 64.8 Å². The van der Waals surface area contributed by atoms with Gasteiger partial charge in [-0.05, 0) is 17.7 Å². The molecular formula is C18H13N5O2S. The Morgan fingerprint density at radius 2 is 2.00 bits per heavy atom. The SMILES string of the molecule is O=C(NCc1ccccc1)c1nc(-c2nc(-c3cccnc3)no2)cs1. The Bertz CT molecular complexity index is 1010. The Hall–Kier alpha value is -3.39. The van der Waals surface area contributed by atoms with E-state index in [1.165, 1.54) is 11.3 Å². The summed E-state index contributed by atoms with van der Waals surface area (Å²) in [6.07, 6.45) is 3.32. The normalized spacial score (nSPS) is 10.6. The van der Waals surface area contributed by atoms with Crippen molar-refractivity contribution < 1.29 is 9.32 Å². The first kappa shape index (κ1) is 16.1. The summed E-state index contributed by atoms with van der Waals surface area (Å²) < 4.78 is 5.25. The first-order valence-corrected chi connectivity index (χ1v) is 8.70. The molecule has 0 radical (unpaired) electrons. The number of thiazole rings is 1. The van der Waals surface area contributed by atoms with Gasteiger partial charge < -0.3 is 9.84 Å². The number of carbonyl (C=O) groups is 1. The highest BCUT2D eigenvalue weighted by Gasteiger charge is 2.17. The van der Waals surface area contributed by atoms with E-state index in [1.54, 1.807) is 23.8 Å². The molecule has 0 aliphatic heterocycles. The van der Waals surface area contributed by atoms with Crippen molar-refractivity contribution in [3.8, 4) is 23.0 Å². The monoisotopic (exact) mass is 363 g/mol. The number of carbonyl (C=O) groups excluding carboxylic acids is 1. The van der Waals surface area contributed by atoms with Crippen LogP contribution < -0.4 is 5.32 Å². The number of aromatic nitrogens is 4. The van der Waals surface area contributed by atoms with Crippen LogP contribution >= 0.6 is 11.3 Å². The molecule has 7 nitrogen and oxygen atoms in total. The Morgan fingerprint density at radius 3 is 2.81 bits per heavy atom. The van der Waals surface area contributed by atoms with Crippen molar-refractivity contribution in [1.29, 1.82) is 0 Å². The summed E-state index contributed by atoms with van der Waals surface area (Å²) in [6, 6.07) is 13.3. The summed E-state index contributed by atoms with van der Waals surface area (Å²) in [4.78, 5) is 24.9.